The summed E-state index contributed by atoms with van der Waals surface area (Å²) in [6.07, 6.45) is 25.9. The highest BCUT2D eigenvalue weighted by molar-refractivity contribution is 5.93. The van der Waals surface area contributed by atoms with Crippen molar-refractivity contribution in [2.75, 3.05) is 15.1 Å². The second-order valence-corrected chi connectivity index (χ2v) is 17.6. The van der Waals surface area contributed by atoms with Gasteiger partial charge in [0.05, 0.1) is 0 Å². The zero-order valence-corrected chi connectivity index (χ0v) is 39.4. The summed E-state index contributed by atoms with van der Waals surface area (Å²) in [7, 11) is 0. The molecule has 8 aromatic rings. The molecule has 2 aliphatic rings. The van der Waals surface area contributed by atoms with Gasteiger partial charge in [-0.3, -0.25) is 0 Å². The average Bonchev–Trinajstić information content (AvgIpc) is 3.37. The Labute approximate surface area is 403 Å². The summed E-state index contributed by atoms with van der Waals surface area (Å²) in [5, 5.41) is 10.4. The zero-order chi connectivity index (χ0) is 46.8. The molecular formula is C65H59N3. The summed E-state index contributed by atoms with van der Waals surface area (Å²) in [6, 6.07) is 61.3. The second kappa shape index (κ2) is 21.0. The van der Waals surface area contributed by atoms with Crippen LogP contribution in [0.25, 0.3) is 43.4 Å². The molecule has 2 atom stereocenters. The maximum atomic E-state index is 4.03. The van der Waals surface area contributed by atoms with Crippen LogP contribution in [-0.2, 0) is 0 Å². The van der Waals surface area contributed by atoms with Crippen molar-refractivity contribution in [1.82, 2.24) is 0 Å². The van der Waals surface area contributed by atoms with Gasteiger partial charge in [0.2, 0.25) is 0 Å². The lowest BCUT2D eigenvalue weighted by atomic mass is 9.80. The minimum atomic E-state index is 0.301. The predicted molar refractivity (Wildman–Crippen MR) is 296 cm³/mol. The van der Waals surface area contributed by atoms with E-state index in [4.69, 9.17) is 0 Å². The van der Waals surface area contributed by atoms with Crippen LogP contribution in [-0.4, -0.2) is 0 Å². The van der Waals surface area contributed by atoms with E-state index in [1.54, 1.807) is 6.20 Å². The smallest absolute Gasteiger partial charge is 0.0468 e. The molecule has 0 fully saturated rings. The van der Waals surface area contributed by atoms with Crippen molar-refractivity contribution in [3.63, 3.8) is 0 Å². The molecule has 1 N–H and O–H groups in total. The topological polar surface area (TPSA) is 18.5 Å². The number of anilines is 4. The van der Waals surface area contributed by atoms with Crippen LogP contribution in [0.1, 0.15) is 43.7 Å². The third-order valence-electron chi connectivity index (χ3n) is 13.0. The van der Waals surface area contributed by atoms with Crippen LogP contribution in [0, 0.1) is 12.8 Å². The minimum Gasteiger partial charge on any atom is -0.362 e. The van der Waals surface area contributed by atoms with Gasteiger partial charge >= 0.3 is 0 Å². The molecule has 0 saturated heterocycles. The Balaban J connectivity index is 0.000000577. The molecule has 2 unspecified atom stereocenters. The Kier molecular flexibility index (Phi) is 13.9. The van der Waals surface area contributed by atoms with Gasteiger partial charge in [0.15, 0.2) is 0 Å². The average molecular weight is 882 g/mol. The highest BCUT2D eigenvalue weighted by Crippen LogP contribution is 2.41. The van der Waals surface area contributed by atoms with E-state index in [0.717, 1.165) is 35.6 Å². The molecule has 0 saturated carbocycles. The van der Waals surface area contributed by atoms with Gasteiger partial charge in [-0.15, -0.1) is 0 Å². The highest BCUT2D eigenvalue weighted by Gasteiger charge is 2.25. The standard InChI is InChI=1S/C57H50N2.C8H9N/c1-5-14-50(15-6-2)58(53-28-24-42-16-10-12-18-44(42)37-53)55-30-26-48-36-47(22-23-49(48)39-55)46-27-32-56(40(3)34-46)57-33-31-52(35-41(57)4)59(51-20-8-7-9-21-51)54-29-25-43-17-11-13-19-45(43)38-54;1-2-9-8-6-4-3-5-7-8/h5-8,10-20,22-39,41,57H,1,9,21H2,2-4H3;2-7,9H,1H2/b15-6-,50-14+;. The Bertz CT molecular complexity index is 3300. The van der Waals surface area contributed by atoms with Gasteiger partial charge < -0.3 is 15.1 Å². The van der Waals surface area contributed by atoms with Crippen molar-refractivity contribution in [2.45, 2.75) is 39.5 Å². The van der Waals surface area contributed by atoms with Crippen LogP contribution in [0.15, 0.2) is 267 Å². The first-order chi connectivity index (χ1) is 33.4. The molecule has 0 bridgehead atoms. The van der Waals surface area contributed by atoms with Crippen LogP contribution in [0.2, 0.25) is 0 Å². The van der Waals surface area contributed by atoms with E-state index in [-0.39, 0.29) is 0 Å². The van der Waals surface area contributed by atoms with Gasteiger partial charge in [0.1, 0.15) is 0 Å². The second-order valence-electron chi connectivity index (χ2n) is 17.6. The third kappa shape index (κ3) is 9.99. The summed E-state index contributed by atoms with van der Waals surface area (Å²) >= 11 is 0. The lowest BCUT2D eigenvalue weighted by Gasteiger charge is -2.34. The highest BCUT2D eigenvalue weighted by atomic mass is 15.2. The van der Waals surface area contributed by atoms with Crippen LogP contribution in [0.3, 0.4) is 0 Å². The molecule has 68 heavy (non-hydrogen) atoms. The van der Waals surface area contributed by atoms with Gasteiger partial charge in [0.25, 0.3) is 0 Å². The van der Waals surface area contributed by atoms with Gasteiger partial charge in [-0.05, 0) is 172 Å². The fourth-order valence-corrected chi connectivity index (χ4v) is 9.61. The van der Waals surface area contributed by atoms with E-state index in [1.165, 1.54) is 71.7 Å². The molecule has 3 nitrogen and oxygen atoms in total. The lowest BCUT2D eigenvalue weighted by molar-refractivity contribution is 0.624. The number of nitrogens with one attached hydrogen (secondary N) is 1. The van der Waals surface area contributed by atoms with Crippen LogP contribution >= 0.6 is 0 Å². The predicted octanol–water partition coefficient (Wildman–Crippen LogP) is 18.1. The van der Waals surface area contributed by atoms with Crippen molar-refractivity contribution in [2.24, 2.45) is 5.92 Å². The van der Waals surface area contributed by atoms with Crippen molar-refractivity contribution in [1.29, 1.82) is 0 Å². The van der Waals surface area contributed by atoms with Crippen molar-refractivity contribution >= 4 is 55.1 Å². The number of rotatable bonds is 12. The molecular weight excluding hydrogens is 823 g/mol. The van der Waals surface area contributed by atoms with Gasteiger partial charge in [-0.25, -0.2) is 0 Å². The monoisotopic (exact) mass is 881 g/mol. The number of aryl methyl sites for hydroxylation is 1. The fraction of sp³-hybridized carbons (Fsp3) is 0.108. The number of allylic oxidation sites excluding steroid dienone is 11. The number of fused-ring (bicyclic) bond motifs is 3. The first kappa shape index (κ1) is 45.0. The Morgan fingerprint density at radius 1 is 0.647 bits per heavy atom. The molecule has 0 spiro atoms. The summed E-state index contributed by atoms with van der Waals surface area (Å²) in [5.74, 6) is 0.635. The number of hydrogen-bond donors (Lipinski definition) is 1. The van der Waals surface area contributed by atoms with Crippen molar-refractivity contribution < 1.29 is 0 Å². The van der Waals surface area contributed by atoms with Crippen molar-refractivity contribution in [3.05, 3.63) is 278 Å². The van der Waals surface area contributed by atoms with Crippen LogP contribution in [0.4, 0.5) is 22.7 Å². The minimum absolute atomic E-state index is 0.301. The van der Waals surface area contributed by atoms with E-state index in [0.29, 0.717) is 11.8 Å². The zero-order valence-electron chi connectivity index (χ0n) is 39.4. The van der Waals surface area contributed by atoms with E-state index < -0.39 is 0 Å². The maximum absolute atomic E-state index is 4.03. The first-order valence-corrected chi connectivity index (χ1v) is 23.8. The lowest BCUT2D eigenvalue weighted by Crippen LogP contribution is -2.24. The summed E-state index contributed by atoms with van der Waals surface area (Å²) in [5.41, 5.74) is 13.3. The van der Waals surface area contributed by atoms with Gasteiger partial charge in [-0.1, -0.05) is 172 Å². The Hall–Kier alpha value is -8.14. The Morgan fingerprint density at radius 3 is 1.87 bits per heavy atom. The fourth-order valence-electron chi connectivity index (χ4n) is 9.61. The van der Waals surface area contributed by atoms with Crippen molar-refractivity contribution in [3.8, 4) is 11.1 Å². The maximum Gasteiger partial charge on any atom is 0.0468 e. The molecule has 3 heteroatoms. The largest absolute Gasteiger partial charge is 0.362 e. The molecule has 0 heterocycles. The summed E-state index contributed by atoms with van der Waals surface area (Å²) in [6.45, 7) is 14.3. The van der Waals surface area contributed by atoms with Crippen LogP contribution in [0.5, 0.6) is 0 Å². The molecule has 0 radical (unpaired) electrons. The van der Waals surface area contributed by atoms with Gasteiger partial charge in [-0.2, -0.15) is 0 Å². The summed E-state index contributed by atoms with van der Waals surface area (Å²) in [4.78, 5) is 4.78. The quantitative estimate of drug-likeness (QED) is 0.123. The molecule has 0 aliphatic heterocycles. The normalized spacial score (nSPS) is 15.7. The number of nitrogens with zero attached hydrogens (tertiary/aromatic N) is 2. The molecule has 8 aromatic carbocycles. The number of hydrogen-bond acceptors (Lipinski definition) is 3. The third-order valence-corrected chi connectivity index (χ3v) is 13.0. The first-order valence-electron chi connectivity index (χ1n) is 23.8. The van der Waals surface area contributed by atoms with E-state index in [2.05, 4.69) is 243 Å². The van der Waals surface area contributed by atoms with E-state index in [9.17, 15) is 0 Å². The molecule has 10 rings (SSSR count). The van der Waals surface area contributed by atoms with Crippen LogP contribution < -0.4 is 15.1 Å². The van der Waals surface area contributed by atoms with E-state index >= 15 is 0 Å². The van der Waals surface area contributed by atoms with Gasteiger partial charge in [0, 0.05) is 45.8 Å². The summed E-state index contributed by atoms with van der Waals surface area (Å²) < 4.78 is 0. The molecule has 0 amide bonds. The molecule has 2 aliphatic carbocycles. The molecule has 334 valence electrons. The molecule has 0 aromatic heterocycles. The number of benzene rings is 8. The SMILES string of the molecule is C=C/C=C(\C=C/C)N(c1ccc2ccccc2c1)c1ccc2cc(-c3ccc(C4C=CC(N(C5=CC=CCC5)c5ccc6ccccc6c5)=CC4C)c(C)c3)ccc2c1.C=CNc1ccccc1. The Morgan fingerprint density at radius 2 is 1.24 bits per heavy atom. The van der Waals surface area contributed by atoms with E-state index in [1.807, 2.05) is 36.4 Å². The number of para-hydroxylation sites is 1.